The molecule has 3 rings (SSSR count). The number of hydrogen-bond donors (Lipinski definition) is 2. The molecule has 1 fully saturated rings. The second kappa shape index (κ2) is 6.79. The van der Waals surface area contributed by atoms with E-state index in [1.165, 1.54) is 19.1 Å². The molecule has 2 N–H and O–H groups in total. The highest BCUT2D eigenvalue weighted by atomic mass is 16.4. The van der Waals surface area contributed by atoms with Crippen molar-refractivity contribution in [1.82, 2.24) is 0 Å². The first kappa shape index (κ1) is 17.3. The number of carbonyl (C=O) groups is 4. The first-order valence-electron chi connectivity index (χ1n) is 7.94. The van der Waals surface area contributed by atoms with Gasteiger partial charge in [-0.25, -0.2) is 9.69 Å². The lowest BCUT2D eigenvalue weighted by Crippen LogP contribution is -2.34. The third kappa shape index (κ3) is 3.32. The molecule has 2 aromatic carbocycles. The van der Waals surface area contributed by atoms with E-state index < -0.39 is 17.9 Å². The van der Waals surface area contributed by atoms with Crippen molar-refractivity contribution in [3.63, 3.8) is 0 Å². The van der Waals surface area contributed by atoms with Crippen LogP contribution in [0.4, 0.5) is 11.4 Å². The molecule has 1 atom stereocenters. The van der Waals surface area contributed by atoms with Crippen molar-refractivity contribution >= 4 is 34.9 Å². The number of carboxylic acids is 1. The molecule has 0 unspecified atom stereocenters. The van der Waals surface area contributed by atoms with Crippen LogP contribution in [-0.2, 0) is 9.59 Å². The molecular formula is C19H16N2O5. The van der Waals surface area contributed by atoms with E-state index in [4.69, 9.17) is 5.11 Å². The van der Waals surface area contributed by atoms with Gasteiger partial charge in [0.25, 0.3) is 5.91 Å². The van der Waals surface area contributed by atoms with Gasteiger partial charge in [-0.1, -0.05) is 0 Å². The maximum Gasteiger partial charge on any atom is 0.335 e. The number of benzene rings is 2. The van der Waals surface area contributed by atoms with E-state index in [1.54, 1.807) is 36.4 Å². The fraction of sp³-hybridized carbons (Fsp3) is 0.158. The van der Waals surface area contributed by atoms with Gasteiger partial charge in [-0.05, 0) is 55.5 Å². The Hall–Kier alpha value is -3.48. The number of imide groups is 1. The number of nitrogens with one attached hydrogen (secondary N) is 1. The lowest BCUT2D eigenvalue weighted by molar-refractivity contribution is -0.121. The van der Waals surface area contributed by atoms with Crippen molar-refractivity contribution in [2.75, 3.05) is 10.2 Å². The van der Waals surface area contributed by atoms with Crippen LogP contribution in [0.25, 0.3) is 0 Å². The summed E-state index contributed by atoms with van der Waals surface area (Å²) >= 11 is 0. The largest absolute Gasteiger partial charge is 0.478 e. The molecular weight excluding hydrogens is 336 g/mol. The second-order valence-corrected chi connectivity index (χ2v) is 5.95. The van der Waals surface area contributed by atoms with E-state index >= 15 is 0 Å². The van der Waals surface area contributed by atoms with Gasteiger partial charge < -0.3 is 10.4 Å². The van der Waals surface area contributed by atoms with Gasteiger partial charge in [-0.15, -0.1) is 0 Å². The molecule has 0 radical (unpaired) electrons. The molecule has 0 saturated carbocycles. The molecule has 132 valence electrons. The van der Waals surface area contributed by atoms with Crippen LogP contribution >= 0.6 is 0 Å². The van der Waals surface area contributed by atoms with Gasteiger partial charge >= 0.3 is 5.97 Å². The van der Waals surface area contributed by atoms with Crippen LogP contribution in [0, 0.1) is 0 Å². The zero-order chi connectivity index (χ0) is 18.8. The van der Waals surface area contributed by atoms with Crippen molar-refractivity contribution in [3.05, 3.63) is 59.7 Å². The number of aromatic carboxylic acids is 1. The Morgan fingerprint density at radius 3 is 2.12 bits per heavy atom. The third-order valence-corrected chi connectivity index (χ3v) is 4.15. The highest BCUT2D eigenvalue weighted by Gasteiger charge is 2.39. The van der Waals surface area contributed by atoms with Gasteiger partial charge in [0, 0.05) is 11.3 Å². The van der Waals surface area contributed by atoms with Gasteiger partial charge in [-0.2, -0.15) is 0 Å². The predicted molar refractivity (Wildman–Crippen MR) is 94.4 cm³/mol. The van der Waals surface area contributed by atoms with Crippen molar-refractivity contribution < 1.29 is 24.3 Å². The molecule has 1 aliphatic rings. The van der Waals surface area contributed by atoms with Crippen LogP contribution in [0.1, 0.15) is 34.1 Å². The Morgan fingerprint density at radius 2 is 1.58 bits per heavy atom. The fourth-order valence-electron chi connectivity index (χ4n) is 2.77. The van der Waals surface area contributed by atoms with Gasteiger partial charge in [0.05, 0.1) is 17.7 Å². The number of hydrogen-bond acceptors (Lipinski definition) is 5. The summed E-state index contributed by atoms with van der Waals surface area (Å²) < 4.78 is 0. The minimum atomic E-state index is -1.04. The quantitative estimate of drug-likeness (QED) is 0.632. The molecule has 7 nitrogen and oxygen atoms in total. The van der Waals surface area contributed by atoms with E-state index in [0.717, 1.165) is 4.90 Å². The van der Waals surface area contributed by atoms with Crippen LogP contribution in [0.5, 0.6) is 0 Å². The fourth-order valence-corrected chi connectivity index (χ4v) is 2.77. The van der Waals surface area contributed by atoms with Gasteiger partial charge in [0.2, 0.25) is 5.91 Å². The summed E-state index contributed by atoms with van der Waals surface area (Å²) in [4.78, 5) is 48.2. The Kier molecular flexibility index (Phi) is 4.53. The number of carboxylic acid groups (broad SMARTS) is 1. The molecule has 0 spiro atoms. The number of nitrogens with zero attached hydrogens (tertiary/aromatic N) is 1. The molecule has 2 aromatic rings. The minimum absolute atomic E-state index is 0.00598. The van der Waals surface area contributed by atoms with Crippen molar-refractivity contribution in [1.29, 1.82) is 0 Å². The highest BCUT2D eigenvalue weighted by Crippen LogP contribution is 2.25. The summed E-state index contributed by atoms with van der Waals surface area (Å²) in [5.74, 6) is -1.87. The normalized spacial score (nSPS) is 16.7. The number of rotatable bonds is 5. The van der Waals surface area contributed by atoms with E-state index in [-0.39, 0.29) is 23.7 Å². The number of Topliss-reactive ketones (excluding diaryl/α,β-unsaturated/α-hetero) is 1. The minimum Gasteiger partial charge on any atom is -0.478 e. The summed E-state index contributed by atoms with van der Waals surface area (Å²) in [6.45, 7) is 1.44. The SMILES string of the molecule is CC(=O)c1ccc(N2C(=O)C[C@H](Nc3ccc(C(=O)O)cc3)C2=O)cc1. The second-order valence-electron chi connectivity index (χ2n) is 5.95. The van der Waals surface area contributed by atoms with Crippen LogP contribution in [0.3, 0.4) is 0 Å². The molecule has 0 aromatic heterocycles. The van der Waals surface area contributed by atoms with E-state index in [2.05, 4.69) is 5.32 Å². The summed E-state index contributed by atoms with van der Waals surface area (Å²) in [6.07, 6.45) is -0.00598. The highest BCUT2D eigenvalue weighted by molar-refractivity contribution is 6.23. The topological polar surface area (TPSA) is 104 Å². The van der Waals surface area contributed by atoms with Gasteiger partial charge in [0.15, 0.2) is 5.78 Å². The Morgan fingerprint density at radius 1 is 1.00 bits per heavy atom. The van der Waals surface area contributed by atoms with Crippen molar-refractivity contribution in [2.24, 2.45) is 0 Å². The molecule has 1 saturated heterocycles. The van der Waals surface area contributed by atoms with Crippen LogP contribution in [0.2, 0.25) is 0 Å². The lowest BCUT2D eigenvalue weighted by atomic mass is 10.1. The maximum absolute atomic E-state index is 12.6. The number of ketones is 1. The Bertz CT molecular complexity index is 887. The molecule has 26 heavy (non-hydrogen) atoms. The Labute approximate surface area is 149 Å². The molecule has 1 heterocycles. The predicted octanol–water partition coefficient (Wildman–Crippen LogP) is 2.33. The monoisotopic (exact) mass is 352 g/mol. The summed E-state index contributed by atoms with van der Waals surface area (Å²) in [6, 6.07) is 11.5. The number of carbonyl (C=O) groups excluding carboxylic acids is 3. The summed E-state index contributed by atoms with van der Waals surface area (Å²) in [5, 5.41) is 11.9. The first-order valence-corrected chi connectivity index (χ1v) is 7.94. The standard InChI is InChI=1S/C19H16N2O5/c1-11(22)12-4-8-15(9-5-12)21-17(23)10-16(18(21)24)20-14-6-2-13(3-7-14)19(25)26/h2-9,16,20H,10H2,1H3,(H,25,26)/t16-/m0/s1. The molecule has 1 aliphatic heterocycles. The van der Waals surface area contributed by atoms with Crippen LogP contribution < -0.4 is 10.2 Å². The van der Waals surface area contributed by atoms with Crippen LogP contribution in [-0.4, -0.2) is 34.7 Å². The van der Waals surface area contributed by atoms with Crippen molar-refractivity contribution in [2.45, 2.75) is 19.4 Å². The molecule has 2 amide bonds. The molecule has 7 heteroatoms. The molecule has 0 bridgehead atoms. The van der Waals surface area contributed by atoms with Gasteiger partial charge in [0.1, 0.15) is 6.04 Å². The van der Waals surface area contributed by atoms with Gasteiger partial charge in [-0.3, -0.25) is 14.4 Å². The van der Waals surface area contributed by atoms with Crippen molar-refractivity contribution in [3.8, 4) is 0 Å². The smallest absolute Gasteiger partial charge is 0.335 e. The van der Waals surface area contributed by atoms with Crippen LogP contribution in [0.15, 0.2) is 48.5 Å². The third-order valence-electron chi connectivity index (χ3n) is 4.15. The average molecular weight is 352 g/mol. The van der Waals surface area contributed by atoms with E-state index in [9.17, 15) is 19.2 Å². The lowest BCUT2D eigenvalue weighted by Gasteiger charge is -2.16. The van der Waals surface area contributed by atoms with E-state index in [0.29, 0.717) is 16.9 Å². The summed E-state index contributed by atoms with van der Waals surface area (Å²) in [7, 11) is 0. The maximum atomic E-state index is 12.6. The number of anilines is 2. The zero-order valence-electron chi connectivity index (χ0n) is 13.9. The number of amides is 2. The zero-order valence-corrected chi connectivity index (χ0v) is 13.9. The average Bonchev–Trinajstić information content (AvgIpc) is 2.89. The first-order chi connectivity index (χ1) is 12.4. The van der Waals surface area contributed by atoms with E-state index in [1.807, 2.05) is 0 Å². The molecule has 0 aliphatic carbocycles. The summed E-state index contributed by atoms with van der Waals surface area (Å²) in [5.41, 5.74) is 1.60. The Balaban J connectivity index is 1.76.